The Hall–Kier alpha value is -1.36. The molecule has 2 heterocycles. The molecule has 1 atom stereocenters. The number of aliphatic hydroxyl groups is 1. The van der Waals surface area contributed by atoms with Crippen molar-refractivity contribution in [2.75, 3.05) is 13.1 Å². The van der Waals surface area contributed by atoms with Gasteiger partial charge in [0.15, 0.2) is 0 Å². The molecule has 0 aliphatic carbocycles. The molecule has 0 unspecified atom stereocenters. The molecule has 2 N–H and O–H groups in total. The Morgan fingerprint density at radius 1 is 1.48 bits per heavy atom. The largest absolute Gasteiger partial charge is 0.510 e. The van der Waals surface area contributed by atoms with Crippen molar-refractivity contribution in [3.05, 3.63) is 21.8 Å². The van der Waals surface area contributed by atoms with Gasteiger partial charge in [-0.05, 0) is 19.3 Å². The number of aryl methyl sites for hydroxylation is 1. The van der Waals surface area contributed by atoms with Gasteiger partial charge in [-0.2, -0.15) is 0 Å². The maximum absolute atomic E-state index is 10.2. The van der Waals surface area contributed by atoms with E-state index in [0.29, 0.717) is 29.6 Å². The van der Waals surface area contributed by atoms with Gasteiger partial charge < -0.3 is 10.0 Å². The molecule has 0 aromatic carbocycles. The van der Waals surface area contributed by atoms with E-state index < -0.39 is 0 Å². The van der Waals surface area contributed by atoms with Crippen LogP contribution in [0.1, 0.15) is 50.2 Å². The summed E-state index contributed by atoms with van der Waals surface area (Å²) in [5.74, 6) is 1.31. The van der Waals surface area contributed by atoms with E-state index in [1.54, 1.807) is 0 Å². The quantitative estimate of drug-likeness (QED) is 0.792. The normalized spacial score (nSPS) is 16.9. The van der Waals surface area contributed by atoms with Crippen LogP contribution in [-0.4, -0.2) is 33.9 Å². The molecule has 0 spiro atoms. The van der Waals surface area contributed by atoms with Crippen LogP contribution in [0.3, 0.4) is 0 Å². The molecule has 1 aromatic heterocycles. The summed E-state index contributed by atoms with van der Waals surface area (Å²) in [7, 11) is 0. The number of nitrogens with one attached hydrogen (secondary N) is 1. The summed E-state index contributed by atoms with van der Waals surface area (Å²) < 4.78 is 0. The summed E-state index contributed by atoms with van der Waals surface area (Å²) >= 11 is 1.50. The van der Waals surface area contributed by atoms with Gasteiger partial charge in [0.05, 0.1) is 12.1 Å². The van der Waals surface area contributed by atoms with Crippen molar-refractivity contribution in [2.45, 2.75) is 46.5 Å². The van der Waals surface area contributed by atoms with Crippen LogP contribution in [0, 0.1) is 18.3 Å². The Balaban J connectivity index is 2.05. The second kappa shape index (κ2) is 7.07. The second-order valence-electron chi connectivity index (χ2n) is 5.76. The van der Waals surface area contributed by atoms with Gasteiger partial charge in [0.1, 0.15) is 16.6 Å². The lowest BCUT2D eigenvalue weighted by Gasteiger charge is -2.24. The van der Waals surface area contributed by atoms with Gasteiger partial charge in [-0.1, -0.05) is 33.1 Å². The molecule has 0 saturated carbocycles. The van der Waals surface area contributed by atoms with Gasteiger partial charge in [0, 0.05) is 17.6 Å². The monoisotopic (exact) mass is 307 g/mol. The first-order valence-electron chi connectivity index (χ1n) is 7.75. The molecule has 0 fully saturated rings. The van der Waals surface area contributed by atoms with Gasteiger partial charge in [-0.25, -0.2) is 4.98 Å². The maximum atomic E-state index is 10.2. The summed E-state index contributed by atoms with van der Waals surface area (Å²) in [5, 5.41) is 21.3. The van der Waals surface area contributed by atoms with Crippen molar-refractivity contribution in [2.24, 2.45) is 5.92 Å². The fourth-order valence-electron chi connectivity index (χ4n) is 2.71. The molecule has 0 bridgehead atoms. The Morgan fingerprint density at radius 3 is 2.81 bits per heavy atom. The summed E-state index contributed by atoms with van der Waals surface area (Å²) in [6, 6.07) is 0. The maximum Gasteiger partial charge on any atom is 0.135 e. The molecule has 1 aromatic rings. The molecule has 1 aliphatic heterocycles. The smallest absolute Gasteiger partial charge is 0.135 e. The Morgan fingerprint density at radius 2 is 2.24 bits per heavy atom. The molecule has 1 aliphatic rings. The van der Waals surface area contributed by atoms with Crippen molar-refractivity contribution in [1.29, 1.82) is 5.41 Å². The minimum atomic E-state index is 0.291. The van der Waals surface area contributed by atoms with Crippen LogP contribution < -0.4 is 0 Å². The molecule has 0 amide bonds. The van der Waals surface area contributed by atoms with E-state index in [2.05, 4.69) is 18.8 Å². The number of unbranched alkanes of at least 4 members (excludes halogenated alkanes) is 1. The van der Waals surface area contributed by atoms with Crippen LogP contribution in [0.2, 0.25) is 0 Å². The highest BCUT2D eigenvalue weighted by atomic mass is 32.1. The third-order valence-corrected chi connectivity index (χ3v) is 5.01. The minimum absolute atomic E-state index is 0.291. The lowest BCUT2D eigenvalue weighted by Crippen LogP contribution is -2.32. The zero-order valence-corrected chi connectivity index (χ0v) is 14.0. The highest BCUT2D eigenvalue weighted by Crippen LogP contribution is 2.30. The Kier molecular flexibility index (Phi) is 5.39. The minimum Gasteiger partial charge on any atom is -0.510 e. The van der Waals surface area contributed by atoms with E-state index in [0.717, 1.165) is 23.7 Å². The van der Waals surface area contributed by atoms with Gasteiger partial charge in [-0.15, -0.1) is 11.3 Å². The van der Waals surface area contributed by atoms with E-state index in [-0.39, 0.29) is 0 Å². The van der Waals surface area contributed by atoms with Gasteiger partial charge in [-0.3, -0.25) is 5.41 Å². The summed E-state index contributed by atoms with van der Waals surface area (Å²) in [6.07, 6.45) is 4.76. The number of nitrogens with zero attached hydrogens (tertiary/aromatic N) is 2. The third-order valence-electron chi connectivity index (χ3n) is 4.04. The van der Waals surface area contributed by atoms with E-state index in [1.165, 1.54) is 30.6 Å². The van der Waals surface area contributed by atoms with E-state index in [1.807, 2.05) is 17.2 Å². The summed E-state index contributed by atoms with van der Waals surface area (Å²) in [5.41, 5.74) is 1.56. The molecule has 5 heteroatoms. The van der Waals surface area contributed by atoms with Crippen molar-refractivity contribution in [1.82, 2.24) is 9.88 Å². The van der Waals surface area contributed by atoms with Crippen LogP contribution in [0.5, 0.6) is 0 Å². The molecular formula is C16H25N3OS. The number of aromatic nitrogens is 1. The van der Waals surface area contributed by atoms with Crippen molar-refractivity contribution in [3.63, 3.8) is 0 Å². The predicted molar refractivity (Wildman–Crippen MR) is 89.0 cm³/mol. The predicted octanol–water partition coefficient (Wildman–Crippen LogP) is 4.23. The zero-order valence-electron chi connectivity index (χ0n) is 13.1. The number of hydrogen-bond acceptors (Lipinski definition) is 4. The average Bonchev–Trinajstić information content (AvgIpc) is 2.98. The molecule has 21 heavy (non-hydrogen) atoms. The number of amidine groups is 1. The molecular weight excluding hydrogens is 282 g/mol. The van der Waals surface area contributed by atoms with Crippen LogP contribution in [0.25, 0.3) is 5.57 Å². The SMILES string of the molecule is CCCC[C@H](CC)CN1CC(O)=C(c2nc(C)cs2)C1=N. The second-order valence-corrected chi connectivity index (χ2v) is 6.62. The van der Waals surface area contributed by atoms with E-state index >= 15 is 0 Å². The zero-order chi connectivity index (χ0) is 15.4. The van der Waals surface area contributed by atoms with Crippen molar-refractivity contribution < 1.29 is 5.11 Å². The van der Waals surface area contributed by atoms with Crippen LogP contribution in [-0.2, 0) is 0 Å². The summed E-state index contributed by atoms with van der Waals surface area (Å²) in [4.78, 5) is 6.40. The first-order chi connectivity index (χ1) is 10.1. The van der Waals surface area contributed by atoms with Gasteiger partial charge in [0.25, 0.3) is 0 Å². The van der Waals surface area contributed by atoms with E-state index in [9.17, 15) is 5.11 Å². The summed E-state index contributed by atoms with van der Waals surface area (Å²) in [6.45, 7) is 7.66. The fraction of sp³-hybridized carbons (Fsp3) is 0.625. The number of hydrogen-bond donors (Lipinski definition) is 2. The third kappa shape index (κ3) is 3.64. The molecule has 0 radical (unpaired) electrons. The van der Waals surface area contributed by atoms with Crippen molar-refractivity contribution >= 4 is 22.7 Å². The molecule has 0 saturated heterocycles. The fourth-order valence-corrected chi connectivity index (χ4v) is 3.58. The lowest BCUT2D eigenvalue weighted by molar-refractivity contribution is 0.298. The average molecular weight is 307 g/mol. The van der Waals surface area contributed by atoms with E-state index in [4.69, 9.17) is 5.41 Å². The molecule has 116 valence electrons. The highest BCUT2D eigenvalue weighted by Gasteiger charge is 2.30. The topological polar surface area (TPSA) is 60.2 Å². The van der Waals surface area contributed by atoms with Crippen molar-refractivity contribution in [3.8, 4) is 0 Å². The Labute approximate surface area is 131 Å². The van der Waals surface area contributed by atoms with Crippen LogP contribution >= 0.6 is 11.3 Å². The lowest BCUT2D eigenvalue weighted by atomic mass is 9.99. The highest BCUT2D eigenvalue weighted by molar-refractivity contribution is 7.11. The molecule has 4 nitrogen and oxygen atoms in total. The molecule has 2 rings (SSSR count). The first-order valence-corrected chi connectivity index (χ1v) is 8.63. The number of aliphatic hydroxyl groups excluding tert-OH is 1. The Bertz CT molecular complexity index is 535. The van der Waals surface area contributed by atoms with Gasteiger partial charge in [0.2, 0.25) is 0 Å². The first kappa shape index (κ1) is 16.0. The van der Waals surface area contributed by atoms with Crippen LogP contribution in [0.4, 0.5) is 0 Å². The number of rotatable bonds is 7. The standard InChI is InChI=1S/C16H25N3OS/c1-4-6-7-12(5-2)8-19-9-13(20)14(15(19)17)16-18-11(3)10-21-16/h10,12,17,20H,4-9H2,1-3H3/t12-/m0/s1. The van der Waals surface area contributed by atoms with Crippen LogP contribution in [0.15, 0.2) is 11.1 Å². The number of thiazole rings is 1. The van der Waals surface area contributed by atoms with Gasteiger partial charge >= 0.3 is 0 Å².